The van der Waals surface area contributed by atoms with Gasteiger partial charge in [0.1, 0.15) is 0 Å². The molecule has 0 atom stereocenters. The number of aryl methyl sites for hydroxylation is 1. The molecule has 2 aromatic rings. The highest BCUT2D eigenvalue weighted by Gasteiger charge is 2.21. The van der Waals surface area contributed by atoms with Crippen LogP contribution in [0.1, 0.15) is 37.3 Å². The van der Waals surface area contributed by atoms with E-state index in [1.54, 1.807) is 0 Å². The van der Waals surface area contributed by atoms with Gasteiger partial charge in [-0.3, -0.25) is 0 Å². The lowest BCUT2D eigenvalue weighted by Crippen LogP contribution is -2.15. The van der Waals surface area contributed by atoms with E-state index in [0.717, 1.165) is 29.9 Å². The van der Waals surface area contributed by atoms with Crippen molar-refractivity contribution in [1.82, 2.24) is 10.5 Å². The van der Waals surface area contributed by atoms with Gasteiger partial charge in [0.25, 0.3) is 0 Å². The summed E-state index contributed by atoms with van der Waals surface area (Å²) in [6, 6.07) is 9.33. The van der Waals surface area contributed by atoms with Gasteiger partial charge in [0, 0.05) is 23.7 Å². The zero-order chi connectivity index (χ0) is 13.1. The van der Waals surface area contributed by atoms with E-state index in [9.17, 15) is 0 Å². The van der Waals surface area contributed by atoms with Crippen LogP contribution in [0.15, 0.2) is 35.0 Å². The van der Waals surface area contributed by atoms with Crippen LogP contribution in [-0.2, 0) is 13.0 Å². The quantitative estimate of drug-likeness (QED) is 0.859. The summed E-state index contributed by atoms with van der Waals surface area (Å²) in [7, 11) is 0. The van der Waals surface area contributed by atoms with E-state index in [1.807, 2.05) is 6.20 Å². The molecule has 1 aromatic heterocycles. The fourth-order valence-corrected chi connectivity index (χ4v) is 2.28. The molecule has 0 aliphatic heterocycles. The maximum absolute atomic E-state index is 5.41. The van der Waals surface area contributed by atoms with Gasteiger partial charge < -0.3 is 9.84 Å². The van der Waals surface area contributed by atoms with Crippen molar-refractivity contribution in [3.8, 4) is 11.3 Å². The Balaban J connectivity index is 1.74. The monoisotopic (exact) mass is 256 g/mol. The molecule has 1 N–H and O–H groups in total. The largest absolute Gasteiger partial charge is 0.356 e. The molecule has 100 valence electrons. The summed E-state index contributed by atoms with van der Waals surface area (Å²) < 4.78 is 5.41. The van der Waals surface area contributed by atoms with Gasteiger partial charge in [0.15, 0.2) is 5.76 Å². The molecule has 1 fully saturated rings. The Morgan fingerprint density at radius 2 is 2.05 bits per heavy atom. The van der Waals surface area contributed by atoms with E-state index in [4.69, 9.17) is 4.52 Å². The first kappa shape index (κ1) is 12.4. The molecule has 0 spiro atoms. The molecule has 0 saturated heterocycles. The second-order valence-corrected chi connectivity index (χ2v) is 5.28. The summed E-state index contributed by atoms with van der Waals surface area (Å²) in [6.07, 6.45) is 6.73. The number of nitrogens with one attached hydrogen (secondary N) is 1. The first-order chi connectivity index (χ1) is 9.36. The van der Waals surface area contributed by atoms with E-state index >= 15 is 0 Å². The third kappa shape index (κ3) is 3.04. The van der Waals surface area contributed by atoms with Gasteiger partial charge in [-0.2, -0.15) is 0 Å². The van der Waals surface area contributed by atoms with Crippen molar-refractivity contribution in [3.05, 3.63) is 41.6 Å². The summed E-state index contributed by atoms with van der Waals surface area (Å²) in [4.78, 5) is 0. The van der Waals surface area contributed by atoms with Crippen LogP contribution in [0, 0.1) is 0 Å². The molecule has 1 aromatic carbocycles. The summed E-state index contributed by atoms with van der Waals surface area (Å²) in [6.45, 7) is 3.05. The summed E-state index contributed by atoms with van der Waals surface area (Å²) in [5.74, 6) is 0.899. The Hall–Kier alpha value is -1.61. The fraction of sp³-hybridized carbons (Fsp3) is 0.438. The van der Waals surface area contributed by atoms with Gasteiger partial charge in [0.2, 0.25) is 0 Å². The Morgan fingerprint density at radius 3 is 2.74 bits per heavy atom. The van der Waals surface area contributed by atoms with E-state index in [1.165, 1.54) is 24.8 Å². The lowest BCUT2D eigenvalue weighted by Gasteiger charge is -2.04. The van der Waals surface area contributed by atoms with E-state index in [0.29, 0.717) is 6.04 Å². The zero-order valence-corrected chi connectivity index (χ0v) is 11.4. The highest BCUT2D eigenvalue weighted by atomic mass is 16.5. The van der Waals surface area contributed by atoms with Crippen LogP contribution in [0.2, 0.25) is 0 Å². The van der Waals surface area contributed by atoms with Gasteiger partial charge in [-0.15, -0.1) is 0 Å². The number of hydrogen-bond acceptors (Lipinski definition) is 3. The SMILES string of the molecule is CCCc1ccc(-c2oncc2CNC2CC2)cc1. The number of nitrogens with zero attached hydrogens (tertiary/aromatic N) is 1. The lowest BCUT2D eigenvalue weighted by atomic mass is 10.0. The van der Waals surface area contributed by atoms with Crippen LogP contribution in [0.5, 0.6) is 0 Å². The van der Waals surface area contributed by atoms with Crippen molar-refractivity contribution in [3.63, 3.8) is 0 Å². The molecule has 0 amide bonds. The summed E-state index contributed by atoms with van der Waals surface area (Å²) in [5, 5.41) is 7.44. The maximum atomic E-state index is 5.41. The number of rotatable bonds is 6. The van der Waals surface area contributed by atoms with E-state index < -0.39 is 0 Å². The summed E-state index contributed by atoms with van der Waals surface area (Å²) >= 11 is 0. The van der Waals surface area contributed by atoms with Crippen molar-refractivity contribution in [2.75, 3.05) is 0 Å². The van der Waals surface area contributed by atoms with Gasteiger partial charge in [-0.25, -0.2) is 0 Å². The molecular formula is C16H20N2O. The third-order valence-corrected chi connectivity index (χ3v) is 3.56. The molecule has 1 aliphatic rings. The molecule has 0 radical (unpaired) electrons. The molecular weight excluding hydrogens is 236 g/mol. The Labute approximate surface area is 114 Å². The highest BCUT2D eigenvalue weighted by Crippen LogP contribution is 2.26. The molecule has 1 aliphatic carbocycles. The minimum absolute atomic E-state index is 0.703. The van der Waals surface area contributed by atoms with Crippen LogP contribution in [0.4, 0.5) is 0 Å². The Bertz CT molecular complexity index is 526. The molecule has 3 nitrogen and oxygen atoms in total. The minimum Gasteiger partial charge on any atom is -0.356 e. The van der Waals surface area contributed by atoms with Crippen molar-refractivity contribution >= 4 is 0 Å². The number of aromatic nitrogens is 1. The molecule has 3 heteroatoms. The molecule has 1 saturated carbocycles. The standard InChI is InChI=1S/C16H20N2O/c1-2-3-12-4-6-13(7-5-12)16-14(11-18-19-16)10-17-15-8-9-15/h4-7,11,15,17H,2-3,8-10H2,1H3. The highest BCUT2D eigenvalue weighted by molar-refractivity contribution is 5.61. The third-order valence-electron chi connectivity index (χ3n) is 3.56. The first-order valence-electron chi connectivity index (χ1n) is 7.13. The summed E-state index contributed by atoms with van der Waals surface area (Å²) in [5.41, 5.74) is 3.64. The number of hydrogen-bond donors (Lipinski definition) is 1. The van der Waals surface area contributed by atoms with Crippen molar-refractivity contribution in [2.45, 2.75) is 45.2 Å². The van der Waals surface area contributed by atoms with Crippen LogP contribution in [-0.4, -0.2) is 11.2 Å². The molecule has 19 heavy (non-hydrogen) atoms. The van der Waals surface area contributed by atoms with Crippen molar-refractivity contribution in [2.24, 2.45) is 0 Å². The maximum Gasteiger partial charge on any atom is 0.171 e. The van der Waals surface area contributed by atoms with Crippen molar-refractivity contribution < 1.29 is 4.52 Å². The van der Waals surface area contributed by atoms with E-state index in [2.05, 4.69) is 41.7 Å². The average molecular weight is 256 g/mol. The van der Waals surface area contributed by atoms with Crippen LogP contribution in [0.25, 0.3) is 11.3 Å². The average Bonchev–Trinajstić information content (AvgIpc) is 3.15. The topological polar surface area (TPSA) is 38.1 Å². The Morgan fingerprint density at radius 1 is 1.26 bits per heavy atom. The smallest absolute Gasteiger partial charge is 0.171 e. The zero-order valence-electron chi connectivity index (χ0n) is 11.4. The molecule has 0 bridgehead atoms. The van der Waals surface area contributed by atoms with Crippen molar-refractivity contribution in [1.29, 1.82) is 0 Å². The molecule has 1 heterocycles. The lowest BCUT2D eigenvalue weighted by molar-refractivity contribution is 0.431. The van der Waals surface area contributed by atoms with E-state index in [-0.39, 0.29) is 0 Å². The fourth-order valence-electron chi connectivity index (χ4n) is 2.28. The minimum atomic E-state index is 0.703. The predicted octanol–water partition coefficient (Wildman–Crippen LogP) is 3.55. The second-order valence-electron chi connectivity index (χ2n) is 5.28. The number of benzene rings is 1. The van der Waals surface area contributed by atoms with Crippen LogP contribution >= 0.6 is 0 Å². The predicted molar refractivity (Wildman–Crippen MR) is 75.8 cm³/mol. The molecule has 3 rings (SSSR count). The van der Waals surface area contributed by atoms with Crippen LogP contribution < -0.4 is 5.32 Å². The van der Waals surface area contributed by atoms with Crippen LogP contribution in [0.3, 0.4) is 0 Å². The first-order valence-corrected chi connectivity index (χ1v) is 7.13. The van der Waals surface area contributed by atoms with Gasteiger partial charge in [0.05, 0.1) is 6.20 Å². The van der Waals surface area contributed by atoms with Gasteiger partial charge in [-0.05, 0) is 24.8 Å². The second kappa shape index (κ2) is 5.57. The van der Waals surface area contributed by atoms with Gasteiger partial charge in [-0.1, -0.05) is 42.8 Å². The Kier molecular flexibility index (Phi) is 3.65. The van der Waals surface area contributed by atoms with Gasteiger partial charge >= 0.3 is 0 Å². The molecule has 0 unspecified atom stereocenters. The normalized spacial score (nSPS) is 14.8.